The van der Waals surface area contributed by atoms with Crippen molar-refractivity contribution in [1.82, 2.24) is 9.55 Å². The Hall–Kier alpha value is -1.99. The fourth-order valence-electron chi connectivity index (χ4n) is 2.04. The standard InChI is InChI=1S/C11H13N3O6/c12-2-1-5-3-14(11(19)13-9(5)18)10-8(17)7(16)6(4-15)20-10/h3,6-8,10,15-17H,1,4H2,(H,13,18,19). The highest BCUT2D eigenvalue weighted by molar-refractivity contribution is 5.10. The van der Waals surface area contributed by atoms with Crippen LogP contribution in [0.25, 0.3) is 0 Å². The number of aromatic amines is 1. The molecular weight excluding hydrogens is 270 g/mol. The number of hydrogen-bond acceptors (Lipinski definition) is 7. The summed E-state index contributed by atoms with van der Waals surface area (Å²) in [7, 11) is 0. The van der Waals surface area contributed by atoms with Gasteiger partial charge in [-0.05, 0) is 0 Å². The lowest BCUT2D eigenvalue weighted by Crippen LogP contribution is -2.38. The molecule has 0 radical (unpaired) electrons. The van der Waals surface area contributed by atoms with Crippen LogP contribution in [0.15, 0.2) is 15.8 Å². The first-order valence-electron chi connectivity index (χ1n) is 5.83. The third-order valence-electron chi connectivity index (χ3n) is 3.10. The van der Waals surface area contributed by atoms with Gasteiger partial charge in [-0.15, -0.1) is 0 Å². The van der Waals surface area contributed by atoms with Crippen LogP contribution in [0.5, 0.6) is 0 Å². The Morgan fingerprint density at radius 3 is 2.65 bits per heavy atom. The van der Waals surface area contributed by atoms with Crippen molar-refractivity contribution in [2.45, 2.75) is 31.0 Å². The van der Waals surface area contributed by atoms with Gasteiger partial charge in [-0.1, -0.05) is 0 Å². The molecule has 1 aliphatic heterocycles. The Bertz CT molecular complexity index is 645. The predicted octanol–water partition coefficient (Wildman–Crippen LogP) is -2.79. The highest BCUT2D eigenvalue weighted by Crippen LogP contribution is 2.27. The van der Waals surface area contributed by atoms with Gasteiger partial charge in [0.05, 0.1) is 19.1 Å². The van der Waals surface area contributed by atoms with E-state index in [2.05, 4.69) is 0 Å². The van der Waals surface area contributed by atoms with Crippen LogP contribution >= 0.6 is 0 Å². The largest absolute Gasteiger partial charge is 0.394 e. The zero-order chi connectivity index (χ0) is 14.9. The molecule has 1 fully saturated rings. The summed E-state index contributed by atoms with van der Waals surface area (Å²) in [6, 6.07) is 1.77. The Labute approximate surface area is 112 Å². The van der Waals surface area contributed by atoms with Gasteiger partial charge in [0.15, 0.2) is 6.23 Å². The van der Waals surface area contributed by atoms with Crippen molar-refractivity contribution in [3.05, 3.63) is 32.6 Å². The van der Waals surface area contributed by atoms with E-state index in [9.17, 15) is 19.8 Å². The van der Waals surface area contributed by atoms with Crippen molar-refractivity contribution in [3.63, 3.8) is 0 Å². The summed E-state index contributed by atoms with van der Waals surface area (Å²) in [6.45, 7) is -0.530. The summed E-state index contributed by atoms with van der Waals surface area (Å²) in [4.78, 5) is 25.2. The first-order chi connectivity index (χ1) is 9.49. The van der Waals surface area contributed by atoms with Crippen molar-refractivity contribution >= 4 is 0 Å². The van der Waals surface area contributed by atoms with E-state index >= 15 is 0 Å². The monoisotopic (exact) mass is 283 g/mol. The smallest absolute Gasteiger partial charge is 0.330 e. The number of rotatable bonds is 3. The second kappa shape index (κ2) is 5.56. The molecule has 1 aromatic rings. The predicted molar refractivity (Wildman–Crippen MR) is 63.6 cm³/mol. The van der Waals surface area contributed by atoms with Gasteiger partial charge in [0.2, 0.25) is 0 Å². The van der Waals surface area contributed by atoms with Crippen LogP contribution < -0.4 is 11.2 Å². The molecule has 0 amide bonds. The lowest BCUT2D eigenvalue weighted by Gasteiger charge is -2.17. The SMILES string of the molecule is N#CCc1cn(C2OC(CO)C(O)C2O)c(=O)[nH]c1=O. The summed E-state index contributed by atoms with van der Waals surface area (Å²) in [5, 5.41) is 37.0. The fraction of sp³-hybridized carbons (Fsp3) is 0.545. The van der Waals surface area contributed by atoms with E-state index in [4.69, 9.17) is 15.1 Å². The molecule has 1 saturated heterocycles. The molecule has 0 aromatic carbocycles. The number of H-pyrrole nitrogens is 1. The zero-order valence-corrected chi connectivity index (χ0v) is 10.3. The minimum Gasteiger partial charge on any atom is -0.394 e. The first kappa shape index (κ1) is 14.4. The third-order valence-corrected chi connectivity index (χ3v) is 3.10. The lowest BCUT2D eigenvalue weighted by atomic mass is 10.1. The summed E-state index contributed by atoms with van der Waals surface area (Å²) in [6.07, 6.45) is -4.19. The van der Waals surface area contributed by atoms with E-state index in [1.165, 1.54) is 0 Å². The van der Waals surface area contributed by atoms with Crippen molar-refractivity contribution in [2.75, 3.05) is 6.61 Å². The van der Waals surface area contributed by atoms with E-state index in [0.29, 0.717) is 0 Å². The van der Waals surface area contributed by atoms with Crippen LogP contribution in [0.1, 0.15) is 11.8 Å². The number of nitrogens with zero attached hydrogens (tertiary/aromatic N) is 2. The Balaban J connectivity index is 2.43. The molecule has 108 valence electrons. The number of nitriles is 1. The second-order valence-electron chi connectivity index (χ2n) is 4.38. The second-order valence-corrected chi connectivity index (χ2v) is 4.38. The molecular formula is C11H13N3O6. The Morgan fingerprint density at radius 2 is 2.10 bits per heavy atom. The molecule has 2 rings (SSSR count). The zero-order valence-electron chi connectivity index (χ0n) is 10.3. The normalized spacial score (nSPS) is 29.3. The summed E-state index contributed by atoms with van der Waals surface area (Å²) in [5.41, 5.74) is -1.50. The maximum absolute atomic E-state index is 11.7. The maximum Gasteiger partial charge on any atom is 0.330 e. The van der Waals surface area contributed by atoms with Crippen LogP contribution in [0.4, 0.5) is 0 Å². The summed E-state index contributed by atoms with van der Waals surface area (Å²) in [5.74, 6) is 0. The Kier molecular flexibility index (Phi) is 4.01. The molecule has 4 atom stereocenters. The van der Waals surface area contributed by atoms with Gasteiger partial charge in [0.25, 0.3) is 5.56 Å². The molecule has 20 heavy (non-hydrogen) atoms. The molecule has 4 N–H and O–H groups in total. The van der Waals surface area contributed by atoms with Gasteiger partial charge >= 0.3 is 5.69 Å². The highest BCUT2D eigenvalue weighted by Gasteiger charge is 2.43. The third kappa shape index (κ3) is 2.37. The number of aliphatic hydroxyl groups excluding tert-OH is 3. The molecule has 4 unspecified atom stereocenters. The number of ether oxygens (including phenoxy) is 1. The molecule has 0 spiro atoms. The van der Waals surface area contributed by atoms with Crippen LogP contribution in [0.3, 0.4) is 0 Å². The highest BCUT2D eigenvalue weighted by atomic mass is 16.6. The number of nitrogens with one attached hydrogen (secondary N) is 1. The number of aromatic nitrogens is 2. The van der Waals surface area contributed by atoms with E-state index in [-0.39, 0.29) is 12.0 Å². The molecule has 1 aromatic heterocycles. The maximum atomic E-state index is 11.7. The molecule has 0 bridgehead atoms. The lowest BCUT2D eigenvalue weighted by molar-refractivity contribution is -0.0551. The van der Waals surface area contributed by atoms with E-state index < -0.39 is 42.4 Å². The van der Waals surface area contributed by atoms with Crippen molar-refractivity contribution in [2.24, 2.45) is 0 Å². The number of hydrogen-bond donors (Lipinski definition) is 4. The van der Waals surface area contributed by atoms with Crippen molar-refractivity contribution in [3.8, 4) is 6.07 Å². The summed E-state index contributed by atoms with van der Waals surface area (Å²) < 4.78 is 6.07. The molecule has 0 aliphatic carbocycles. The molecule has 1 aliphatic rings. The number of aliphatic hydroxyl groups is 3. The molecule has 0 saturated carbocycles. The molecule has 2 heterocycles. The van der Waals surface area contributed by atoms with Crippen LogP contribution in [0.2, 0.25) is 0 Å². The van der Waals surface area contributed by atoms with E-state index in [0.717, 1.165) is 10.8 Å². The van der Waals surface area contributed by atoms with Gasteiger partial charge < -0.3 is 20.1 Å². The Morgan fingerprint density at radius 1 is 1.40 bits per heavy atom. The van der Waals surface area contributed by atoms with Gasteiger partial charge in [0, 0.05) is 11.8 Å². The quantitative estimate of drug-likeness (QED) is 0.468. The molecule has 9 heteroatoms. The van der Waals surface area contributed by atoms with Crippen LogP contribution in [-0.4, -0.2) is 49.8 Å². The van der Waals surface area contributed by atoms with Gasteiger partial charge in [-0.3, -0.25) is 14.3 Å². The van der Waals surface area contributed by atoms with Gasteiger partial charge in [-0.25, -0.2) is 4.79 Å². The van der Waals surface area contributed by atoms with Crippen molar-refractivity contribution in [1.29, 1.82) is 5.26 Å². The first-order valence-corrected chi connectivity index (χ1v) is 5.83. The van der Waals surface area contributed by atoms with Gasteiger partial charge in [0.1, 0.15) is 18.3 Å². The topological polar surface area (TPSA) is 149 Å². The average Bonchev–Trinajstić information content (AvgIpc) is 2.70. The average molecular weight is 283 g/mol. The summed E-state index contributed by atoms with van der Waals surface area (Å²) >= 11 is 0. The van der Waals surface area contributed by atoms with E-state index in [1.54, 1.807) is 6.07 Å². The van der Waals surface area contributed by atoms with E-state index in [1.807, 2.05) is 4.98 Å². The molecule has 9 nitrogen and oxygen atoms in total. The van der Waals surface area contributed by atoms with Crippen molar-refractivity contribution < 1.29 is 20.1 Å². The minimum atomic E-state index is -1.44. The fourth-order valence-corrected chi connectivity index (χ4v) is 2.04. The van der Waals surface area contributed by atoms with Crippen LogP contribution in [-0.2, 0) is 11.2 Å². The van der Waals surface area contributed by atoms with Gasteiger partial charge in [-0.2, -0.15) is 5.26 Å². The van der Waals surface area contributed by atoms with Crippen LogP contribution in [0, 0.1) is 11.3 Å². The minimum absolute atomic E-state index is 0.0323.